The molecule has 0 atom stereocenters. The number of halogens is 1. The van der Waals surface area contributed by atoms with Crippen LogP contribution in [0.25, 0.3) is 0 Å². The SMILES string of the molecule is C=C(F)C(=O)Nc1ccc(C(=O)O)cc1. The van der Waals surface area contributed by atoms with Gasteiger partial charge in [-0.15, -0.1) is 0 Å². The Morgan fingerprint density at radius 2 is 1.80 bits per heavy atom. The minimum atomic E-state index is -1.10. The van der Waals surface area contributed by atoms with Crippen molar-refractivity contribution in [2.45, 2.75) is 0 Å². The fourth-order valence-electron chi connectivity index (χ4n) is 0.895. The van der Waals surface area contributed by atoms with Crippen LogP contribution < -0.4 is 5.32 Å². The van der Waals surface area contributed by atoms with Crippen molar-refractivity contribution in [2.75, 3.05) is 5.32 Å². The lowest BCUT2D eigenvalue weighted by atomic mass is 10.2. The van der Waals surface area contributed by atoms with Crippen LogP contribution in [0.1, 0.15) is 10.4 Å². The number of carbonyl (C=O) groups excluding carboxylic acids is 1. The van der Waals surface area contributed by atoms with Crippen LogP contribution in [0.2, 0.25) is 0 Å². The van der Waals surface area contributed by atoms with Crippen LogP contribution in [0.4, 0.5) is 10.1 Å². The van der Waals surface area contributed by atoms with E-state index in [1.165, 1.54) is 24.3 Å². The zero-order valence-electron chi connectivity index (χ0n) is 7.66. The summed E-state index contributed by atoms with van der Waals surface area (Å²) in [7, 11) is 0. The first-order valence-corrected chi connectivity index (χ1v) is 4.00. The lowest BCUT2D eigenvalue weighted by molar-refractivity contribution is -0.114. The monoisotopic (exact) mass is 209 g/mol. The van der Waals surface area contributed by atoms with Gasteiger partial charge in [0, 0.05) is 5.69 Å². The van der Waals surface area contributed by atoms with Gasteiger partial charge < -0.3 is 10.4 Å². The third-order valence-corrected chi connectivity index (χ3v) is 1.64. The van der Waals surface area contributed by atoms with E-state index in [-0.39, 0.29) is 5.56 Å². The van der Waals surface area contributed by atoms with Crippen LogP contribution in [0.5, 0.6) is 0 Å². The second-order valence-electron chi connectivity index (χ2n) is 2.74. The summed E-state index contributed by atoms with van der Waals surface area (Å²) in [5, 5.41) is 10.8. The second kappa shape index (κ2) is 4.36. The molecule has 0 unspecified atom stereocenters. The highest BCUT2D eigenvalue weighted by atomic mass is 19.1. The molecule has 78 valence electrons. The van der Waals surface area contributed by atoms with Crippen molar-refractivity contribution in [1.29, 1.82) is 0 Å². The van der Waals surface area contributed by atoms with Crippen molar-refractivity contribution < 1.29 is 19.1 Å². The number of hydrogen-bond acceptors (Lipinski definition) is 2. The van der Waals surface area contributed by atoms with Crippen LogP contribution in [0.3, 0.4) is 0 Å². The number of aromatic carboxylic acids is 1. The van der Waals surface area contributed by atoms with Crippen LogP contribution in [0.15, 0.2) is 36.7 Å². The molecule has 0 bridgehead atoms. The Hall–Kier alpha value is -2.17. The van der Waals surface area contributed by atoms with E-state index in [0.29, 0.717) is 5.69 Å². The molecule has 0 radical (unpaired) electrons. The molecule has 1 aromatic carbocycles. The molecule has 0 aromatic heterocycles. The van der Waals surface area contributed by atoms with Gasteiger partial charge in [0.25, 0.3) is 5.91 Å². The van der Waals surface area contributed by atoms with Gasteiger partial charge in [-0.3, -0.25) is 4.79 Å². The molecule has 0 aliphatic carbocycles. The Balaban J connectivity index is 2.77. The first-order chi connectivity index (χ1) is 7.00. The first kappa shape index (κ1) is 10.9. The number of rotatable bonds is 3. The minimum absolute atomic E-state index is 0.0899. The van der Waals surface area contributed by atoms with E-state index in [4.69, 9.17) is 5.11 Å². The molecule has 0 saturated heterocycles. The number of nitrogens with one attached hydrogen (secondary N) is 1. The Kier molecular flexibility index (Phi) is 3.17. The molecule has 0 aliphatic heterocycles. The van der Waals surface area contributed by atoms with E-state index in [1.54, 1.807) is 0 Å². The molecule has 0 saturated carbocycles. The number of anilines is 1. The Morgan fingerprint density at radius 3 is 2.20 bits per heavy atom. The summed E-state index contributed by atoms with van der Waals surface area (Å²) in [5.74, 6) is -3.11. The molecular weight excluding hydrogens is 201 g/mol. The standard InChI is InChI=1S/C10H8FNO3/c1-6(11)9(13)12-8-4-2-7(3-5-8)10(14)15/h2-5H,1H2,(H,12,13)(H,14,15). The van der Waals surface area contributed by atoms with E-state index >= 15 is 0 Å². The van der Waals surface area contributed by atoms with Gasteiger partial charge in [-0.25, -0.2) is 9.18 Å². The second-order valence-corrected chi connectivity index (χ2v) is 2.74. The van der Waals surface area contributed by atoms with Gasteiger partial charge in [0.1, 0.15) is 0 Å². The van der Waals surface area contributed by atoms with E-state index in [9.17, 15) is 14.0 Å². The van der Waals surface area contributed by atoms with E-state index in [2.05, 4.69) is 11.9 Å². The summed E-state index contributed by atoms with van der Waals surface area (Å²) in [6.45, 7) is 2.82. The van der Waals surface area contributed by atoms with Crippen LogP contribution in [-0.4, -0.2) is 17.0 Å². The van der Waals surface area contributed by atoms with Crippen molar-refractivity contribution in [3.8, 4) is 0 Å². The van der Waals surface area contributed by atoms with Crippen molar-refractivity contribution >= 4 is 17.6 Å². The van der Waals surface area contributed by atoms with Crippen molar-refractivity contribution in [3.63, 3.8) is 0 Å². The average Bonchev–Trinajstić information content (AvgIpc) is 2.18. The molecule has 0 aliphatic rings. The van der Waals surface area contributed by atoms with Gasteiger partial charge in [0.15, 0.2) is 5.83 Å². The lowest BCUT2D eigenvalue weighted by Gasteiger charge is -2.02. The van der Waals surface area contributed by atoms with Crippen LogP contribution >= 0.6 is 0 Å². The zero-order chi connectivity index (χ0) is 11.4. The van der Waals surface area contributed by atoms with E-state index in [0.717, 1.165) is 0 Å². The predicted molar refractivity (Wildman–Crippen MR) is 52.3 cm³/mol. The Labute approximate surface area is 85.0 Å². The molecule has 4 nitrogen and oxygen atoms in total. The van der Waals surface area contributed by atoms with Gasteiger partial charge >= 0.3 is 5.97 Å². The molecule has 1 amide bonds. The topological polar surface area (TPSA) is 66.4 Å². The fourth-order valence-corrected chi connectivity index (χ4v) is 0.895. The summed E-state index contributed by atoms with van der Waals surface area (Å²) in [6.07, 6.45) is 0. The lowest BCUT2D eigenvalue weighted by Crippen LogP contribution is -2.11. The maximum absolute atomic E-state index is 12.3. The van der Waals surface area contributed by atoms with Gasteiger partial charge in [-0.05, 0) is 24.3 Å². The Morgan fingerprint density at radius 1 is 1.27 bits per heavy atom. The van der Waals surface area contributed by atoms with E-state index in [1.807, 2.05) is 0 Å². The largest absolute Gasteiger partial charge is 0.478 e. The molecule has 1 aromatic rings. The van der Waals surface area contributed by atoms with Crippen molar-refractivity contribution in [2.24, 2.45) is 0 Å². The summed E-state index contributed by atoms with van der Waals surface area (Å²) < 4.78 is 12.3. The zero-order valence-corrected chi connectivity index (χ0v) is 7.66. The van der Waals surface area contributed by atoms with Crippen LogP contribution in [0, 0.1) is 0 Å². The minimum Gasteiger partial charge on any atom is -0.478 e. The predicted octanol–water partition coefficient (Wildman–Crippen LogP) is 1.81. The fraction of sp³-hybridized carbons (Fsp3) is 0. The van der Waals surface area contributed by atoms with E-state index < -0.39 is 17.7 Å². The third kappa shape index (κ3) is 2.91. The number of carbonyl (C=O) groups is 2. The highest BCUT2D eigenvalue weighted by Gasteiger charge is 2.06. The molecule has 0 heterocycles. The highest BCUT2D eigenvalue weighted by Crippen LogP contribution is 2.10. The van der Waals surface area contributed by atoms with Crippen molar-refractivity contribution in [1.82, 2.24) is 0 Å². The number of amides is 1. The molecule has 5 heteroatoms. The van der Waals surface area contributed by atoms with Crippen molar-refractivity contribution in [3.05, 3.63) is 42.2 Å². The number of carboxylic acid groups (broad SMARTS) is 1. The molecule has 0 fully saturated rings. The Bertz CT molecular complexity index is 411. The average molecular weight is 209 g/mol. The number of benzene rings is 1. The molecule has 1 rings (SSSR count). The van der Waals surface area contributed by atoms with Gasteiger partial charge in [0.2, 0.25) is 0 Å². The maximum atomic E-state index is 12.3. The summed E-state index contributed by atoms with van der Waals surface area (Å²) in [5.41, 5.74) is 0.399. The first-order valence-electron chi connectivity index (χ1n) is 4.00. The molecule has 15 heavy (non-hydrogen) atoms. The summed E-state index contributed by atoms with van der Waals surface area (Å²) in [4.78, 5) is 21.3. The molecular formula is C10H8FNO3. The van der Waals surface area contributed by atoms with Crippen LogP contribution in [-0.2, 0) is 4.79 Å². The van der Waals surface area contributed by atoms with Gasteiger partial charge in [-0.2, -0.15) is 0 Å². The van der Waals surface area contributed by atoms with Gasteiger partial charge in [-0.1, -0.05) is 6.58 Å². The summed E-state index contributed by atoms with van der Waals surface area (Å²) in [6, 6.07) is 5.34. The molecule has 0 spiro atoms. The summed E-state index contributed by atoms with van der Waals surface area (Å²) >= 11 is 0. The normalized spacial score (nSPS) is 9.40. The smallest absolute Gasteiger partial charge is 0.335 e. The maximum Gasteiger partial charge on any atom is 0.335 e. The highest BCUT2D eigenvalue weighted by molar-refractivity contribution is 6.01. The number of hydrogen-bond donors (Lipinski definition) is 2. The quantitative estimate of drug-likeness (QED) is 0.746. The molecule has 2 N–H and O–H groups in total. The third-order valence-electron chi connectivity index (χ3n) is 1.64. The number of carboxylic acids is 1. The van der Waals surface area contributed by atoms with Gasteiger partial charge in [0.05, 0.1) is 5.56 Å².